The molecule has 3 aromatic carbocycles. The summed E-state index contributed by atoms with van der Waals surface area (Å²) in [5.74, 6) is -3.56. The molecule has 0 aliphatic rings. The van der Waals surface area contributed by atoms with Crippen molar-refractivity contribution in [3.05, 3.63) is 83.3 Å². The first-order chi connectivity index (χ1) is 16.1. The number of halogens is 3. The van der Waals surface area contributed by atoms with Gasteiger partial charge in [0.05, 0.1) is 23.7 Å². The number of aromatic nitrogens is 2. The van der Waals surface area contributed by atoms with Gasteiger partial charge < -0.3 is 10.4 Å². The molecule has 0 fully saturated rings. The van der Waals surface area contributed by atoms with Gasteiger partial charge >= 0.3 is 6.03 Å². The number of carbonyl (C=O) groups excluding carboxylic acids is 1. The summed E-state index contributed by atoms with van der Waals surface area (Å²) in [6.45, 7) is 5.66. The van der Waals surface area contributed by atoms with Crippen LogP contribution in [0.15, 0.2) is 54.6 Å². The summed E-state index contributed by atoms with van der Waals surface area (Å²) in [6, 6.07) is 13.0. The van der Waals surface area contributed by atoms with Gasteiger partial charge in [0.2, 0.25) is 0 Å². The number of hydrogen-bond donors (Lipinski definition) is 3. The van der Waals surface area contributed by atoms with Crippen LogP contribution in [0.25, 0.3) is 16.5 Å². The minimum atomic E-state index is -1.41. The molecular weight excluding hydrogens is 445 g/mol. The van der Waals surface area contributed by atoms with E-state index in [2.05, 4.69) is 15.7 Å². The highest BCUT2D eigenvalue weighted by Crippen LogP contribution is 2.29. The third-order valence-corrected chi connectivity index (χ3v) is 5.31. The van der Waals surface area contributed by atoms with E-state index in [-0.39, 0.29) is 17.8 Å². The lowest BCUT2D eigenvalue weighted by Gasteiger charge is -2.14. The number of urea groups is 1. The van der Waals surface area contributed by atoms with Crippen LogP contribution in [0, 0.1) is 17.5 Å². The zero-order valence-corrected chi connectivity index (χ0v) is 18.8. The topological polar surface area (TPSA) is 79.2 Å². The molecule has 9 heteroatoms. The number of aliphatic hydroxyl groups is 1. The summed E-state index contributed by atoms with van der Waals surface area (Å²) in [4.78, 5) is 12.6. The maximum atomic E-state index is 14.0. The van der Waals surface area contributed by atoms with Gasteiger partial charge in [0.1, 0.15) is 11.6 Å². The molecular formula is C25H23F3N4O2. The zero-order chi connectivity index (χ0) is 24.6. The summed E-state index contributed by atoms with van der Waals surface area (Å²) in [5, 5.41) is 21.0. The minimum Gasteiger partial charge on any atom is -0.392 e. The second-order valence-corrected chi connectivity index (χ2v) is 8.89. The average molecular weight is 468 g/mol. The van der Waals surface area contributed by atoms with E-state index in [1.807, 2.05) is 51.1 Å². The molecule has 0 bridgehead atoms. The quantitative estimate of drug-likeness (QED) is 0.328. The first-order valence-electron chi connectivity index (χ1n) is 10.5. The predicted octanol–water partition coefficient (Wildman–Crippen LogP) is 5.88. The third-order valence-electron chi connectivity index (χ3n) is 5.31. The molecule has 34 heavy (non-hydrogen) atoms. The fourth-order valence-corrected chi connectivity index (χ4v) is 3.58. The van der Waals surface area contributed by atoms with Crippen LogP contribution in [-0.4, -0.2) is 20.9 Å². The smallest absolute Gasteiger partial charge is 0.324 e. The Balaban J connectivity index is 1.75. The average Bonchev–Trinajstić information content (AvgIpc) is 3.20. The molecule has 3 N–H and O–H groups in total. The number of carbonyl (C=O) groups is 1. The van der Waals surface area contributed by atoms with E-state index >= 15 is 0 Å². The number of rotatable bonds is 4. The van der Waals surface area contributed by atoms with Crippen molar-refractivity contribution in [2.24, 2.45) is 0 Å². The lowest BCUT2D eigenvalue weighted by molar-refractivity contribution is 0.262. The first kappa shape index (κ1) is 23.3. The molecule has 0 spiro atoms. The lowest BCUT2D eigenvalue weighted by Crippen LogP contribution is -2.22. The molecule has 4 aromatic rings. The van der Waals surface area contributed by atoms with E-state index < -0.39 is 29.2 Å². The van der Waals surface area contributed by atoms with E-state index in [0.29, 0.717) is 29.1 Å². The largest absolute Gasteiger partial charge is 0.392 e. The Morgan fingerprint density at radius 3 is 2.47 bits per heavy atom. The number of aliphatic hydroxyl groups excluding tert-OH is 1. The van der Waals surface area contributed by atoms with Crippen molar-refractivity contribution in [2.45, 2.75) is 32.8 Å². The van der Waals surface area contributed by atoms with Gasteiger partial charge in [0, 0.05) is 23.6 Å². The Bertz CT molecular complexity index is 1390. The summed E-state index contributed by atoms with van der Waals surface area (Å²) in [7, 11) is 0. The number of benzene rings is 3. The van der Waals surface area contributed by atoms with Crippen LogP contribution < -0.4 is 10.6 Å². The molecule has 176 valence electrons. The van der Waals surface area contributed by atoms with E-state index in [4.69, 9.17) is 0 Å². The van der Waals surface area contributed by atoms with E-state index in [1.165, 1.54) is 4.68 Å². The molecule has 0 radical (unpaired) electrons. The van der Waals surface area contributed by atoms with Crippen LogP contribution in [0.2, 0.25) is 0 Å². The van der Waals surface area contributed by atoms with Crippen molar-refractivity contribution in [1.82, 2.24) is 9.78 Å². The second kappa shape index (κ2) is 8.83. The Kier molecular flexibility index (Phi) is 6.05. The van der Waals surface area contributed by atoms with Crippen molar-refractivity contribution >= 4 is 28.3 Å². The van der Waals surface area contributed by atoms with Crippen molar-refractivity contribution in [2.75, 3.05) is 10.6 Å². The number of hydrogen-bond acceptors (Lipinski definition) is 3. The number of amides is 2. The zero-order valence-electron chi connectivity index (χ0n) is 18.8. The summed E-state index contributed by atoms with van der Waals surface area (Å²) in [5.41, 5.74) is 0.909. The highest BCUT2D eigenvalue weighted by atomic mass is 19.2. The molecule has 0 unspecified atom stereocenters. The molecule has 4 rings (SSSR count). The maximum Gasteiger partial charge on any atom is 0.324 e. The first-order valence-corrected chi connectivity index (χ1v) is 10.5. The molecule has 0 saturated heterocycles. The van der Waals surface area contributed by atoms with Gasteiger partial charge in [-0.05, 0) is 28.5 Å². The highest BCUT2D eigenvalue weighted by Gasteiger charge is 2.23. The number of nitrogens with zero attached hydrogens (tertiary/aromatic N) is 2. The van der Waals surface area contributed by atoms with E-state index in [1.54, 1.807) is 12.1 Å². The molecule has 1 aromatic heterocycles. The normalized spacial score (nSPS) is 11.6. The Morgan fingerprint density at radius 1 is 1.03 bits per heavy atom. The summed E-state index contributed by atoms with van der Waals surface area (Å²) in [6.07, 6.45) is 0. The molecule has 2 amide bonds. The standard InChI is InChI=1S/C25H23F3N4O2/c1-25(2,3)21-12-22(30-24(34)29-20-11-16(26)10-19(27)23(20)28)32(31-21)17-8-14-6-4-5-7-18(14)15(9-17)13-33/h4-12,33H,13H2,1-3H3,(H2,29,30,34). The summed E-state index contributed by atoms with van der Waals surface area (Å²) < 4.78 is 42.5. The molecule has 6 nitrogen and oxygen atoms in total. The van der Waals surface area contributed by atoms with Crippen LogP contribution in [-0.2, 0) is 12.0 Å². The van der Waals surface area contributed by atoms with Gasteiger partial charge in [-0.15, -0.1) is 0 Å². The van der Waals surface area contributed by atoms with Crippen LogP contribution in [0.4, 0.5) is 29.5 Å². The van der Waals surface area contributed by atoms with Gasteiger partial charge in [-0.25, -0.2) is 22.6 Å². The Hall–Kier alpha value is -3.85. The van der Waals surface area contributed by atoms with Gasteiger partial charge in [-0.2, -0.15) is 5.10 Å². The van der Waals surface area contributed by atoms with Crippen molar-refractivity contribution < 1.29 is 23.1 Å². The van der Waals surface area contributed by atoms with Crippen molar-refractivity contribution in [3.63, 3.8) is 0 Å². The monoisotopic (exact) mass is 468 g/mol. The Labute approximate surface area is 194 Å². The number of fused-ring (bicyclic) bond motifs is 1. The molecule has 0 aliphatic heterocycles. The molecule has 0 saturated carbocycles. The highest BCUT2D eigenvalue weighted by molar-refractivity contribution is 5.99. The third kappa shape index (κ3) is 4.60. The number of nitrogens with one attached hydrogen (secondary N) is 2. The summed E-state index contributed by atoms with van der Waals surface area (Å²) >= 11 is 0. The SMILES string of the molecule is CC(C)(C)c1cc(NC(=O)Nc2cc(F)cc(F)c2F)n(-c2cc(CO)c3ccccc3c2)n1. The van der Waals surface area contributed by atoms with Gasteiger partial charge in [-0.3, -0.25) is 5.32 Å². The van der Waals surface area contributed by atoms with Gasteiger partial charge in [-0.1, -0.05) is 45.0 Å². The molecule has 1 heterocycles. The van der Waals surface area contributed by atoms with Crippen LogP contribution in [0.1, 0.15) is 32.0 Å². The fraction of sp³-hybridized carbons (Fsp3) is 0.200. The van der Waals surface area contributed by atoms with Crippen LogP contribution in [0.3, 0.4) is 0 Å². The van der Waals surface area contributed by atoms with E-state index in [0.717, 1.165) is 10.8 Å². The van der Waals surface area contributed by atoms with Crippen molar-refractivity contribution in [1.29, 1.82) is 0 Å². The molecule has 0 aliphatic carbocycles. The molecule has 0 atom stereocenters. The second-order valence-electron chi connectivity index (χ2n) is 8.89. The van der Waals surface area contributed by atoms with E-state index in [9.17, 15) is 23.1 Å². The van der Waals surface area contributed by atoms with Gasteiger partial charge in [0.25, 0.3) is 0 Å². The van der Waals surface area contributed by atoms with Crippen molar-refractivity contribution in [3.8, 4) is 5.69 Å². The predicted molar refractivity (Wildman–Crippen MR) is 125 cm³/mol. The minimum absolute atomic E-state index is 0.199. The van der Waals surface area contributed by atoms with Crippen LogP contribution >= 0.6 is 0 Å². The maximum absolute atomic E-state index is 14.0. The Morgan fingerprint density at radius 2 is 1.76 bits per heavy atom. The lowest BCUT2D eigenvalue weighted by atomic mass is 9.92. The van der Waals surface area contributed by atoms with Gasteiger partial charge in [0.15, 0.2) is 11.6 Å². The number of anilines is 2. The van der Waals surface area contributed by atoms with Crippen LogP contribution in [0.5, 0.6) is 0 Å². The fourth-order valence-electron chi connectivity index (χ4n) is 3.58.